The van der Waals surface area contributed by atoms with Crippen molar-refractivity contribution in [1.29, 1.82) is 0 Å². The highest BCUT2D eigenvalue weighted by molar-refractivity contribution is 7.80. The Bertz CT molecular complexity index is 177. The maximum absolute atomic E-state index is 9.33. The molecule has 0 aliphatic carbocycles. The predicted octanol–water partition coefficient (Wildman–Crippen LogP) is -0.841. The fraction of sp³-hybridized carbons (Fsp3) is 0. The van der Waals surface area contributed by atoms with E-state index in [2.05, 4.69) is 4.28 Å². The van der Waals surface area contributed by atoms with Gasteiger partial charge in [-0.25, -0.2) is 0 Å². The quantitative estimate of drug-likeness (QED) is 0.304. The first-order chi connectivity index (χ1) is 3.42. The van der Waals surface area contributed by atoms with Crippen LogP contribution in [0.4, 0.5) is 0 Å². The van der Waals surface area contributed by atoms with E-state index in [-0.39, 0.29) is 6.15 Å². The van der Waals surface area contributed by atoms with Crippen molar-refractivity contribution in [1.82, 2.24) is 6.15 Å². The van der Waals surface area contributed by atoms with Gasteiger partial charge in [0.15, 0.2) is 0 Å². The molecule has 0 saturated heterocycles. The van der Waals surface area contributed by atoms with E-state index >= 15 is 0 Å². The van der Waals surface area contributed by atoms with Crippen molar-refractivity contribution < 1.29 is 22.3 Å². The number of rotatable bonds is 2. The van der Waals surface area contributed by atoms with Crippen LogP contribution in [0.1, 0.15) is 0 Å². The first-order valence-electron chi connectivity index (χ1n) is 1.23. The summed E-state index contributed by atoms with van der Waals surface area (Å²) in [5.74, 6) is 0. The van der Waals surface area contributed by atoms with Crippen molar-refractivity contribution in [3.05, 3.63) is 10.1 Å². The molecule has 0 atom stereocenters. The first kappa shape index (κ1) is 10.9. The molecule has 0 fully saturated rings. The molecule has 8 nitrogen and oxygen atoms in total. The second kappa shape index (κ2) is 3.17. The van der Waals surface area contributed by atoms with Crippen LogP contribution in [0.3, 0.4) is 0 Å². The van der Waals surface area contributed by atoms with E-state index in [4.69, 9.17) is 14.7 Å². The lowest BCUT2D eigenvalue weighted by molar-refractivity contribution is -0.713. The molecule has 4 N–H and O–H groups in total. The first-order valence-corrected chi connectivity index (χ1v) is 2.60. The van der Waals surface area contributed by atoms with Gasteiger partial charge < -0.3 is 6.15 Å². The summed E-state index contributed by atoms with van der Waals surface area (Å²) in [6.07, 6.45) is 0. The predicted molar refractivity (Wildman–Crippen MR) is 24.7 cm³/mol. The standard InChI is InChI=1S/HNO6S.H3N/c2-1(3)7-8(4,5)6;/h(H,4,5,6);1H3. The number of hydrogen-bond donors (Lipinski definition) is 2. The summed E-state index contributed by atoms with van der Waals surface area (Å²) in [5, 5.41) is 7.43. The minimum Gasteiger partial charge on any atom is -0.344 e. The lowest BCUT2D eigenvalue weighted by Gasteiger charge is -1.86. The molecule has 9 heteroatoms. The largest absolute Gasteiger partial charge is 0.429 e. The zero-order valence-corrected chi connectivity index (χ0v) is 4.87. The van der Waals surface area contributed by atoms with Gasteiger partial charge in [-0.3, -0.25) is 4.55 Å². The number of nitrogens with zero attached hydrogens (tertiary/aromatic N) is 1. The van der Waals surface area contributed by atoms with Crippen molar-refractivity contribution in [2.24, 2.45) is 0 Å². The Hall–Kier alpha value is -0.930. The van der Waals surface area contributed by atoms with Crippen LogP contribution >= 0.6 is 0 Å². The lowest BCUT2D eigenvalue weighted by atomic mass is 13.1. The monoisotopic (exact) mass is 160 g/mol. The van der Waals surface area contributed by atoms with E-state index < -0.39 is 15.5 Å². The Morgan fingerprint density at radius 1 is 1.56 bits per heavy atom. The summed E-state index contributed by atoms with van der Waals surface area (Å²) >= 11 is 0. The van der Waals surface area contributed by atoms with Crippen LogP contribution in [0.5, 0.6) is 0 Å². The Morgan fingerprint density at radius 3 is 1.89 bits per heavy atom. The van der Waals surface area contributed by atoms with E-state index in [0.717, 1.165) is 0 Å². The van der Waals surface area contributed by atoms with Crippen molar-refractivity contribution >= 4 is 10.4 Å². The van der Waals surface area contributed by atoms with Crippen LogP contribution in [0, 0.1) is 10.1 Å². The molecule has 0 amide bonds. The van der Waals surface area contributed by atoms with Crippen molar-refractivity contribution in [3.63, 3.8) is 0 Å². The molecule has 9 heavy (non-hydrogen) atoms. The minimum absolute atomic E-state index is 0. The SMILES string of the molecule is N.O=[N+]([O-])OS(=O)(=O)O. The van der Waals surface area contributed by atoms with Gasteiger partial charge in [0.25, 0.3) is 0 Å². The Balaban J connectivity index is 0. The van der Waals surface area contributed by atoms with Gasteiger partial charge in [-0.15, -0.1) is 10.1 Å². The molecule has 0 aliphatic heterocycles. The fourth-order valence-electron chi connectivity index (χ4n) is 0.0769. The molecule has 0 heterocycles. The van der Waals surface area contributed by atoms with E-state index in [0.29, 0.717) is 0 Å². The molecular formula is H4N2O6S. The van der Waals surface area contributed by atoms with E-state index in [1.165, 1.54) is 0 Å². The van der Waals surface area contributed by atoms with Gasteiger partial charge in [-0.1, -0.05) is 0 Å². The van der Waals surface area contributed by atoms with Crippen LogP contribution in [0.2, 0.25) is 0 Å². The summed E-state index contributed by atoms with van der Waals surface area (Å²) in [6.45, 7) is 0. The molecule has 0 rings (SSSR count). The van der Waals surface area contributed by atoms with Crippen LogP contribution in [-0.2, 0) is 14.7 Å². The Labute approximate surface area is 50.1 Å². The molecule has 0 aliphatic rings. The highest BCUT2D eigenvalue weighted by atomic mass is 32.3. The summed E-state index contributed by atoms with van der Waals surface area (Å²) in [7, 11) is -4.92. The fourth-order valence-corrected chi connectivity index (χ4v) is 0.231. The van der Waals surface area contributed by atoms with E-state index in [9.17, 15) is 8.42 Å². The van der Waals surface area contributed by atoms with E-state index in [1.54, 1.807) is 0 Å². The topological polar surface area (TPSA) is 142 Å². The third-order valence-electron chi connectivity index (χ3n) is 0.155. The van der Waals surface area contributed by atoms with Crippen molar-refractivity contribution in [3.8, 4) is 0 Å². The van der Waals surface area contributed by atoms with Crippen LogP contribution < -0.4 is 6.15 Å². The Morgan fingerprint density at radius 2 is 1.89 bits per heavy atom. The van der Waals surface area contributed by atoms with Gasteiger partial charge in [-0.05, 0) is 0 Å². The molecule has 0 radical (unpaired) electrons. The van der Waals surface area contributed by atoms with Gasteiger partial charge in [0, 0.05) is 0 Å². The van der Waals surface area contributed by atoms with Gasteiger partial charge in [0.2, 0.25) is 0 Å². The van der Waals surface area contributed by atoms with Crippen LogP contribution in [0.15, 0.2) is 0 Å². The van der Waals surface area contributed by atoms with Gasteiger partial charge >= 0.3 is 15.5 Å². The minimum atomic E-state index is -4.92. The highest BCUT2D eigenvalue weighted by Gasteiger charge is 2.08. The van der Waals surface area contributed by atoms with Gasteiger partial charge in [-0.2, -0.15) is 12.7 Å². The smallest absolute Gasteiger partial charge is 0.344 e. The van der Waals surface area contributed by atoms with E-state index in [1.807, 2.05) is 0 Å². The molecule has 0 spiro atoms. The zero-order chi connectivity index (χ0) is 6.78. The lowest BCUT2D eigenvalue weighted by Crippen LogP contribution is -2.08. The normalized spacial score (nSPS) is 9.44. The summed E-state index contributed by atoms with van der Waals surface area (Å²) in [4.78, 5) is 9.06. The zero-order valence-electron chi connectivity index (χ0n) is 4.05. The Kier molecular flexibility index (Phi) is 3.85. The van der Waals surface area contributed by atoms with Gasteiger partial charge in [0.1, 0.15) is 0 Å². The second-order valence-corrected chi connectivity index (χ2v) is 1.73. The molecule has 0 aromatic heterocycles. The highest BCUT2D eigenvalue weighted by Crippen LogP contribution is 1.82. The van der Waals surface area contributed by atoms with Crippen molar-refractivity contribution in [2.75, 3.05) is 0 Å². The second-order valence-electron chi connectivity index (χ2n) is 0.726. The average Bonchev–Trinajstić information content (AvgIpc) is 1.21. The van der Waals surface area contributed by atoms with Crippen LogP contribution in [-0.4, -0.2) is 18.1 Å². The maximum Gasteiger partial charge on any atom is 0.429 e. The molecule has 0 aromatic carbocycles. The third-order valence-corrected chi connectivity index (χ3v) is 0.465. The number of hydrogen-bond acceptors (Lipinski definition) is 6. The molecule has 56 valence electrons. The third kappa shape index (κ3) is 11.0. The van der Waals surface area contributed by atoms with Crippen molar-refractivity contribution in [2.45, 2.75) is 0 Å². The molecular weight excluding hydrogens is 156 g/mol. The molecule has 0 saturated carbocycles. The molecule has 0 bridgehead atoms. The average molecular weight is 160 g/mol. The van der Waals surface area contributed by atoms with Gasteiger partial charge in [0.05, 0.1) is 0 Å². The summed E-state index contributed by atoms with van der Waals surface area (Å²) < 4.78 is 28.9. The summed E-state index contributed by atoms with van der Waals surface area (Å²) in [6, 6.07) is 0. The maximum atomic E-state index is 9.33. The molecule has 0 unspecified atom stereocenters. The summed E-state index contributed by atoms with van der Waals surface area (Å²) in [5.41, 5.74) is 0. The van der Waals surface area contributed by atoms with Crippen LogP contribution in [0.25, 0.3) is 0 Å². The molecule has 0 aromatic rings.